The summed E-state index contributed by atoms with van der Waals surface area (Å²) in [4.78, 5) is 21.6. The van der Waals surface area contributed by atoms with E-state index in [9.17, 15) is 0 Å². The van der Waals surface area contributed by atoms with Crippen LogP contribution < -0.4 is 15.1 Å². The summed E-state index contributed by atoms with van der Waals surface area (Å²) < 4.78 is 24.4. The molecular weight excluding hydrogens is 551 g/mol. The molecule has 0 N–H and O–H groups in total. The van der Waals surface area contributed by atoms with Gasteiger partial charge in [-0.3, -0.25) is 4.98 Å². The van der Waals surface area contributed by atoms with E-state index < -0.39 is 7.12 Å². The summed E-state index contributed by atoms with van der Waals surface area (Å²) in [5, 5.41) is 0. The van der Waals surface area contributed by atoms with E-state index in [-0.39, 0.29) is 23.4 Å². The van der Waals surface area contributed by atoms with Crippen molar-refractivity contribution in [2.24, 2.45) is 0 Å². The van der Waals surface area contributed by atoms with Gasteiger partial charge >= 0.3 is 7.12 Å². The third-order valence-corrected chi connectivity index (χ3v) is 8.06. The monoisotopic (exact) mass is 590 g/mol. The molecule has 0 bridgehead atoms. The lowest BCUT2D eigenvalue weighted by molar-refractivity contribution is 0.00578. The zero-order valence-electron chi connectivity index (χ0n) is 23.4. The van der Waals surface area contributed by atoms with E-state index >= 15 is 0 Å². The molecule has 3 saturated heterocycles. The van der Waals surface area contributed by atoms with Crippen molar-refractivity contribution in [1.29, 1.82) is 0 Å². The smallest absolute Gasteiger partial charge is 0.473 e. The summed E-state index contributed by atoms with van der Waals surface area (Å²) in [5.41, 5.74) is -0.0648. The molecule has 0 amide bonds. The van der Waals surface area contributed by atoms with Gasteiger partial charge in [-0.2, -0.15) is 0 Å². The van der Waals surface area contributed by atoms with Crippen molar-refractivity contribution in [3.8, 4) is 11.8 Å². The number of rotatable bonds is 5. The van der Waals surface area contributed by atoms with Crippen LogP contribution in [0.4, 0.5) is 0 Å². The second-order valence-corrected chi connectivity index (χ2v) is 12.1. The van der Waals surface area contributed by atoms with Crippen molar-refractivity contribution in [1.82, 2.24) is 29.7 Å². The lowest BCUT2D eigenvalue weighted by Crippen LogP contribution is -2.41. The van der Waals surface area contributed by atoms with Crippen LogP contribution in [-0.2, 0) is 9.31 Å². The average Bonchev–Trinajstić information content (AvgIpc) is 3.11. The van der Waals surface area contributed by atoms with Gasteiger partial charge in [0.2, 0.25) is 11.8 Å². The molecule has 5 heterocycles. The number of piperidine rings is 2. The number of likely N-dealkylation sites (tertiary alicyclic amines) is 2. The molecule has 3 fully saturated rings. The number of hydrogen-bond donors (Lipinski definition) is 0. The minimum Gasteiger partial charge on any atom is -0.473 e. The first kappa shape index (κ1) is 29.1. The molecule has 3 aliphatic rings. The first-order valence-electron chi connectivity index (χ1n) is 13.4. The van der Waals surface area contributed by atoms with Crippen LogP contribution in [0.25, 0.3) is 0 Å². The van der Waals surface area contributed by atoms with Gasteiger partial charge < -0.3 is 28.6 Å². The van der Waals surface area contributed by atoms with Crippen LogP contribution in [0.5, 0.6) is 11.8 Å². The third kappa shape index (κ3) is 7.85. The van der Waals surface area contributed by atoms with Crippen molar-refractivity contribution >= 4 is 28.6 Å². The maximum absolute atomic E-state index is 5.98. The van der Waals surface area contributed by atoms with Crippen LogP contribution in [0.3, 0.4) is 0 Å². The zero-order chi connectivity index (χ0) is 27.3. The Labute approximate surface area is 235 Å². The van der Waals surface area contributed by atoms with E-state index in [1.54, 1.807) is 24.8 Å². The average molecular weight is 591 g/mol. The van der Waals surface area contributed by atoms with Crippen LogP contribution in [0, 0.1) is 0 Å². The van der Waals surface area contributed by atoms with Crippen LogP contribution in [-0.4, -0.2) is 101 Å². The largest absolute Gasteiger partial charge is 0.516 e. The van der Waals surface area contributed by atoms with Gasteiger partial charge in [-0.1, -0.05) is 0 Å². The second-order valence-electron chi connectivity index (χ2n) is 11.3. The predicted molar refractivity (Wildman–Crippen MR) is 150 cm³/mol. The van der Waals surface area contributed by atoms with Gasteiger partial charge in [0.1, 0.15) is 16.8 Å². The predicted octanol–water partition coefficient (Wildman–Crippen LogP) is 2.96. The molecule has 0 unspecified atom stereocenters. The minimum atomic E-state index is -0.482. The quantitative estimate of drug-likeness (QED) is 0.484. The lowest BCUT2D eigenvalue weighted by atomic mass is 9.85. The highest BCUT2D eigenvalue weighted by atomic mass is 79.9. The Morgan fingerprint density at radius 1 is 0.737 bits per heavy atom. The highest BCUT2D eigenvalue weighted by molar-refractivity contribution is 9.10. The van der Waals surface area contributed by atoms with E-state index in [2.05, 4.69) is 59.8 Å². The van der Waals surface area contributed by atoms with E-state index in [1.807, 2.05) is 27.7 Å². The normalized spacial score (nSPS) is 22.6. The summed E-state index contributed by atoms with van der Waals surface area (Å²) in [6.07, 6.45) is 11.4. The summed E-state index contributed by atoms with van der Waals surface area (Å²) in [7, 11) is 3.79. The highest BCUT2D eigenvalue weighted by Gasteiger charge is 2.52. The minimum absolute atomic E-state index is 0.225. The van der Waals surface area contributed by atoms with E-state index in [1.165, 1.54) is 0 Å². The molecule has 10 nitrogen and oxygen atoms in total. The molecule has 208 valence electrons. The van der Waals surface area contributed by atoms with Crippen molar-refractivity contribution in [3.63, 3.8) is 0 Å². The maximum Gasteiger partial charge on any atom is 0.516 e. The molecule has 0 aromatic carbocycles. The topological polar surface area (TPSA) is 95.0 Å². The Morgan fingerprint density at radius 3 is 1.58 bits per heavy atom. The standard InChI is InChI=1S/C16H26BN3O3.C10H14BrN3O/c1-15(2)16(3,4)23-17(22-15)13-10-19-14(11-18-13)21-12-6-8-20(5)9-7-12;1-14-4-2-8(3-5-14)15-10-7-12-9(11)6-13-10/h10-12H,6-9H2,1-5H3;6-8H,2-5H2,1H3. The lowest BCUT2D eigenvalue weighted by Gasteiger charge is -2.32. The highest BCUT2D eigenvalue weighted by Crippen LogP contribution is 2.36. The first-order chi connectivity index (χ1) is 18.0. The van der Waals surface area contributed by atoms with Crippen LogP contribution in [0.1, 0.15) is 53.4 Å². The van der Waals surface area contributed by atoms with Gasteiger partial charge in [-0.15, -0.1) is 0 Å². The Kier molecular flexibility index (Phi) is 9.62. The fourth-order valence-corrected chi connectivity index (χ4v) is 4.59. The van der Waals surface area contributed by atoms with Crippen molar-refractivity contribution in [3.05, 3.63) is 29.4 Å². The number of nitrogens with zero attached hydrogens (tertiary/aromatic N) is 6. The SMILES string of the molecule is CN1CCC(Oc2cnc(B3OC(C)(C)C(C)(C)O3)cn2)CC1.CN1CCC(Oc2cnc(Br)cn2)CC1. The van der Waals surface area contributed by atoms with Gasteiger partial charge in [-0.25, -0.2) is 15.0 Å². The van der Waals surface area contributed by atoms with Gasteiger partial charge in [0.05, 0.1) is 35.4 Å². The maximum atomic E-state index is 5.98. The Morgan fingerprint density at radius 2 is 1.18 bits per heavy atom. The summed E-state index contributed by atoms with van der Waals surface area (Å²) >= 11 is 3.24. The Hall–Kier alpha value is -1.86. The molecule has 38 heavy (non-hydrogen) atoms. The summed E-state index contributed by atoms with van der Waals surface area (Å²) in [6, 6.07) is 0. The number of aromatic nitrogens is 4. The molecule has 0 atom stereocenters. The molecular formula is C26H40BBrN6O4. The van der Waals surface area contributed by atoms with Crippen LogP contribution in [0.15, 0.2) is 29.4 Å². The molecule has 2 aromatic rings. The molecule has 0 saturated carbocycles. The van der Waals surface area contributed by atoms with Crippen LogP contribution in [0.2, 0.25) is 0 Å². The number of halogens is 1. The van der Waals surface area contributed by atoms with E-state index in [0.29, 0.717) is 17.4 Å². The fraction of sp³-hybridized carbons (Fsp3) is 0.692. The van der Waals surface area contributed by atoms with E-state index in [4.69, 9.17) is 18.8 Å². The van der Waals surface area contributed by atoms with Gasteiger partial charge in [-0.05, 0) is 83.4 Å². The van der Waals surface area contributed by atoms with Crippen molar-refractivity contribution in [2.45, 2.75) is 76.8 Å². The Balaban J connectivity index is 0.000000194. The van der Waals surface area contributed by atoms with E-state index in [0.717, 1.165) is 56.5 Å². The number of ether oxygens (including phenoxy) is 2. The molecule has 0 aliphatic carbocycles. The van der Waals surface area contributed by atoms with Crippen LogP contribution >= 0.6 is 15.9 Å². The Bertz CT molecular complexity index is 997. The summed E-state index contributed by atoms with van der Waals surface area (Å²) in [5.74, 6) is 1.19. The van der Waals surface area contributed by atoms with Crippen molar-refractivity contribution in [2.75, 3.05) is 40.3 Å². The van der Waals surface area contributed by atoms with Crippen molar-refractivity contribution < 1.29 is 18.8 Å². The second kappa shape index (κ2) is 12.5. The molecule has 2 aromatic heterocycles. The molecule has 0 spiro atoms. The van der Waals surface area contributed by atoms with Gasteiger partial charge in [0, 0.05) is 32.4 Å². The molecule has 12 heteroatoms. The molecule has 0 radical (unpaired) electrons. The number of hydrogen-bond acceptors (Lipinski definition) is 10. The summed E-state index contributed by atoms with van der Waals surface area (Å²) in [6.45, 7) is 12.4. The first-order valence-corrected chi connectivity index (χ1v) is 14.2. The molecule has 3 aliphatic heterocycles. The molecule has 5 rings (SSSR count). The van der Waals surface area contributed by atoms with Gasteiger partial charge in [0.25, 0.3) is 0 Å². The van der Waals surface area contributed by atoms with Gasteiger partial charge in [0.15, 0.2) is 0 Å². The third-order valence-electron chi connectivity index (χ3n) is 7.65. The fourth-order valence-electron chi connectivity index (χ4n) is 4.38. The zero-order valence-corrected chi connectivity index (χ0v) is 25.0.